The number of aromatic nitrogens is 6. The molecule has 0 radical (unpaired) electrons. The van der Waals surface area contributed by atoms with Crippen LogP contribution >= 0.6 is 0 Å². The van der Waals surface area contributed by atoms with E-state index in [-0.39, 0.29) is 24.1 Å². The number of hydrogen-bond acceptors (Lipinski definition) is 5. The van der Waals surface area contributed by atoms with Gasteiger partial charge >= 0.3 is 5.69 Å². The maximum atomic E-state index is 12.6. The molecule has 0 saturated carbocycles. The smallest absolute Gasteiger partial charge is 0.341 e. The number of carbonyl (C=O) groups is 1. The van der Waals surface area contributed by atoms with Crippen molar-refractivity contribution in [1.29, 1.82) is 0 Å². The largest absolute Gasteiger partial charge is 0.350 e. The third kappa shape index (κ3) is 3.40. The van der Waals surface area contributed by atoms with Gasteiger partial charge in [0.1, 0.15) is 25.0 Å². The van der Waals surface area contributed by atoms with E-state index in [0.717, 1.165) is 24.4 Å². The number of para-hydroxylation sites is 1. The third-order valence-corrected chi connectivity index (χ3v) is 4.94. The van der Waals surface area contributed by atoms with E-state index < -0.39 is 0 Å². The monoisotopic (exact) mass is 367 g/mol. The van der Waals surface area contributed by atoms with Crippen LogP contribution in [0.15, 0.2) is 47.8 Å². The number of piperidine rings is 1. The summed E-state index contributed by atoms with van der Waals surface area (Å²) >= 11 is 0. The molecule has 140 valence electrons. The predicted octanol–water partition coefficient (Wildman–Crippen LogP) is 0.569. The second kappa shape index (κ2) is 7.18. The molecule has 1 aliphatic rings. The Morgan fingerprint density at radius 3 is 2.59 bits per heavy atom. The molecule has 1 saturated heterocycles. The second-order valence-corrected chi connectivity index (χ2v) is 6.68. The van der Waals surface area contributed by atoms with Gasteiger partial charge in [0.15, 0.2) is 0 Å². The van der Waals surface area contributed by atoms with Crippen LogP contribution in [0.1, 0.15) is 24.6 Å². The fraction of sp³-hybridized carbons (Fsp3) is 0.389. The number of hydrogen-bond donors (Lipinski definition) is 0. The van der Waals surface area contributed by atoms with Crippen molar-refractivity contribution in [2.75, 3.05) is 13.1 Å². The molecule has 3 heterocycles. The van der Waals surface area contributed by atoms with Crippen LogP contribution in [-0.4, -0.2) is 53.0 Å². The van der Waals surface area contributed by atoms with Crippen molar-refractivity contribution in [3.05, 3.63) is 59.3 Å². The van der Waals surface area contributed by atoms with Gasteiger partial charge in [-0.3, -0.25) is 4.79 Å². The van der Waals surface area contributed by atoms with Crippen molar-refractivity contribution >= 4 is 5.91 Å². The highest BCUT2D eigenvalue weighted by Gasteiger charge is 2.28. The Bertz CT molecular complexity index is 967. The van der Waals surface area contributed by atoms with Gasteiger partial charge in [-0.15, -0.1) is 0 Å². The van der Waals surface area contributed by atoms with Crippen LogP contribution in [0.3, 0.4) is 0 Å². The number of rotatable bonds is 4. The zero-order chi connectivity index (χ0) is 18.8. The molecule has 9 heteroatoms. The lowest BCUT2D eigenvalue weighted by Gasteiger charge is -2.31. The summed E-state index contributed by atoms with van der Waals surface area (Å²) < 4.78 is 4.59. The average molecular weight is 367 g/mol. The summed E-state index contributed by atoms with van der Waals surface area (Å²) in [4.78, 5) is 30.7. The van der Waals surface area contributed by atoms with Gasteiger partial charge in [0.2, 0.25) is 5.91 Å². The van der Waals surface area contributed by atoms with Gasteiger partial charge < -0.3 is 4.90 Å². The lowest BCUT2D eigenvalue weighted by Crippen LogP contribution is -2.40. The molecule has 0 aliphatic carbocycles. The zero-order valence-electron chi connectivity index (χ0n) is 15.1. The number of likely N-dealkylation sites (tertiary alicyclic amines) is 1. The van der Waals surface area contributed by atoms with Crippen molar-refractivity contribution in [1.82, 2.24) is 34.0 Å². The molecule has 0 unspecified atom stereocenters. The molecule has 0 N–H and O–H groups in total. The summed E-state index contributed by atoms with van der Waals surface area (Å²) in [6.45, 7) is 1.47. The molecule has 2 aromatic heterocycles. The summed E-state index contributed by atoms with van der Waals surface area (Å²) in [6.07, 6.45) is 4.50. The quantitative estimate of drug-likeness (QED) is 0.672. The van der Waals surface area contributed by atoms with Crippen LogP contribution in [0.2, 0.25) is 0 Å². The van der Waals surface area contributed by atoms with E-state index in [1.807, 2.05) is 35.2 Å². The average Bonchev–Trinajstić information content (AvgIpc) is 3.31. The van der Waals surface area contributed by atoms with Crippen LogP contribution in [0.5, 0.6) is 0 Å². The molecule has 4 rings (SSSR count). The third-order valence-electron chi connectivity index (χ3n) is 4.94. The van der Waals surface area contributed by atoms with E-state index in [1.165, 1.54) is 22.0 Å². The van der Waals surface area contributed by atoms with Gasteiger partial charge in [-0.25, -0.2) is 23.7 Å². The van der Waals surface area contributed by atoms with Crippen LogP contribution in [0, 0.1) is 0 Å². The molecule has 0 bridgehead atoms. The lowest BCUT2D eigenvalue weighted by atomic mass is 9.95. The summed E-state index contributed by atoms with van der Waals surface area (Å²) in [5.41, 5.74) is 0.663. The molecule has 1 amide bonds. The first kappa shape index (κ1) is 17.2. The Balaban J connectivity index is 1.50. The van der Waals surface area contributed by atoms with Crippen LogP contribution in [0.4, 0.5) is 0 Å². The molecule has 1 aliphatic heterocycles. The molecule has 0 spiro atoms. The first-order valence-electron chi connectivity index (χ1n) is 8.95. The number of amides is 1. The van der Waals surface area contributed by atoms with E-state index >= 15 is 0 Å². The van der Waals surface area contributed by atoms with Crippen molar-refractivity contribution in [3.8, 4) is 5.69 Å². The van der Waals surface area contributed by atoms with Crippen LogP contribution < -0.4 is 5.69 Å². The van der Waals surface area contributed by atoms with E-state index in [9.17, 15) is 9.59 Å². The van der Waals surface area contributed by atoms with Gasteiger partial charge in [0.25, 0.3) is 0 Å². The molecule has 1 aromatic carbocycles. The molecule has 3 aromatic rings. The SMILES string of the molecule is Cn1nc(C2CCN(C(=O)Cn3cncn3)CC2)n(-c2ccccc2)c1=O. The number of benzene rings is 1. The molecule has 27 heavy (non-hydrogen) atoms. The Morgan fingerprint density at radius 1 is 1.19 bits per heavy atom. The van der Waals surface area contributed by atoms with Gasteiger partial charge in [-0.05, 0) is 25.0 Å². The Labute approximate surface area is 155 Å². The number of carbonyl (C=O) groups excluding carboxylic acids is 1. The maximum Gasteiger partial charge on any atom is 0.350 e. The zero-order valence-corrected chi connectivity index (χ0v) is 15.1. The van der Waals surface area contributed by atoms with Crippen molar-refractivity contribution < 1.29 is 4.79 Å². The fourth-order valence-corrected chi connectivity index (χ4v) is 3.51. The number of aryl methyl sites for hydroxylation is 1. The first-order chi connectivity index (χ1) is 13.1. The molecule has 1 fully saturated rings. The second-order valence-electron chi connectivity index (χ2n) is 6.68. The van der Waals surface area contributed by atoms with E-state index in [1.54, 1.807) is 11.6 Å². The van der Waals surface area contributed by atoms with Gasteiger partial charge in [0, 0.05) is 26.1 Å². The predicted molar refractivity (Wildman–Crippen MR) is 97.4 cm³/mol. The Hall–Kier alpha value is -3.23. The minimum atomic E-state index is -0.152. The molecular formula is C18H21N7O2. The highest BCUT2D eigenvalue weighted by Crippen LogP contribution is 2.27. The molecule has 0 atom stereocenters. The first-order valence-corrected chi connectivity index (χ1v) is 8.95. The van der Waals surface area contributed by atoms with Gasteiger partial charge in [0.05, 0.1) is 5.69 Å². The lowest BCUT2D eigenvalue weighted by molar-refractivity contribution is -0.133. The topological polar surface area (TPSA) is 90.8 Å². The van der Waals surface area contributed by atoms with Crippen LogP contribution in [-0.2, 0) is 18.4 Å². The normalized spacial score (nSPS) is 15.2. The minimum absolute atomic E-state index is 0.0282. The van der Waals surface area contributed by atoms with E-state index in [4.69, 9.17) is 0 Å². The van der Waals surface area contributed by atoms with E-state index in [0.29, 0.717) is 13.1 Å². The standard InChI is InChI=1S/C18H21N7O2/c1-22-18(27)25(15-5-3-2-4-6-15)17(21-22)14-7-9-23(10-8-14)16(26)11-24-13-19-12-20-24/h2-6,12-14H,7-11H2,1H3. The van der Waals surface area contributed by atoms with Gasteiger partial charge in [-0.1, -0.05) is 18.2 Å². The molecular weight excluding hydrogens is 346 g/mol. The van der Waals surface area contributed by atoms with Crippen molar-refractivity contribution in [3.63, 3.8) is 0 Å². The molecule has 9 nitrogen and oxygen atoms in total. The minimum Gasteiger partial charge on any atom is -0.341 e. The summed E-state index contributed by atoms with van der Waals surface area (Å²) in [5, 5.41) is 8.46. The highest BCUT2D eigenvalue weighted by atomic mass is 16.2. The fourth-order valence-electron chi connectivity index (χ4n) is 3.51. The summed E-state index contributed by atoms with van der Waals surface area (Å²) in [7, 11) is 1.67. The van der Waals surface area contributed by atoms with Crippen molar-refractivity contribution in [2.24, 2.45) is 7.05 Å². The maximum absolute atomic E-state index is 12.6. The number of nitrogens with zero attached hydrogens (tertiary/aromatic N) is 7. The van der Waals surface area contributed by atoms with E-state index in [2.05, 4.69) is 15.2 Å². The van der Waals surface area contributed by atoms with Crippen LogP contribution in [0.25, 0.3) is 5.69 Å². The van der Waals surface area contributed by atoms with Crippen molar-refractivity contribution in [2.45, 2.75) is 25.3 Å². The highest BCUT2D eigenvalue weighted by molar-refractivity contribution is 5.76. The van der Waals surface area contributed by atoms with Gasteiger partial charge in [-0.2, -0.15) is 10.2 Å². The summed E-state index contributed by atoms with van der Waals surface area (Å²) in [6, 6.07) is 9.55. The summed E-state index contributed by atoms with van der Waals surface area (Å²) in [5.74, 6) is 0.923. The Kier molecular flexibility index (Phi) is 4.57. The Morgan fingerprint density at radius 2 is 1.93 bits per heavy atom.